The van der Waals surface area contributed by atoms with E-state index in [0.717, 1.165) is 59.8 Å². The SMILES string of the molecule is Cc1ncc(-c2ccc3cnc(NC(=O)C4CCC(C=O)CC4)cc3c2)n1C. The first-order chi connectivity index (χ1) is 13.5. The Balaban J connectivity index is 1.54. The van der Waals surface area contributed by atoms with Crippen molar-refractivity contribution in [2.24, 2.45) is 18.9 Å². The maximum absolute atomic E-state index is 12.6. The summed E-state index contributed by atoms with van der Waals surface area (Å²) in [6.07, 6.45) is 7.77. The maximum Gasteiger partial charge on any atom is 0.228 e. The summed E-state index contributed by atoms with van der Waals surface area (Å²) < 4.78 is 2.06. The summed E-state index contributed by atoms with van der Waals surface area (Å²) >= 11 is 0. The van der Waals surface area contributed by atoms with E-state index in [-0.39, 0.29) is 17.7 Å². The molecule has 0 aliphatic heterocycles. The van der Waals surface area contributed by atoms with Crippen molar-refractivity contribution >= 4 is 28.8 Å². The van der Waals surface area contributed by atoms with Gasteiger partial charge < -0.3 is 14.7 Å². The molecule has 1 aliphatic rings. The molecule has 1 N–H and O–H groups in total. The summed E-state index contributed by atoms with van der Waals surface area (Å²) in [6, 6.07) is 8.10. The van der Waals surface area contributed by atoms with Gasteiger partial charge in [-0.2, -0.15) is 0 Å². The van der Waals surface area contributed by atoms with Gasteiger partial charge in [-0.25, -0.2) is 9.97 Å². The van der Waals surface area contributed by atoms with Gasteiger partial charge in [-0.05, 0) is 50.1 Å². The summed E-state index contributed by atoms with van der Waals surface area (Å²) in [6.45, 7) is 1.98. The quantitative estimate of drug-likeness (QED) is 0.701. The number of aryl methyl sites for hydroxylation is 1. The number of nitrogens with one attached hydrogen (secondary N) is 1. The molecule has 4 rings (SSSR count). The average molecular weight is 376 g/mol. The lowest BCUT2D eigenvalue weighted by Gasteiger charge is -2.24. The van der Waals surface area contributed by atoms with E-state index in [1.165, 1.54) is 0 Å². The van der Waals surface area contributed by atoms with Crippen molar-refractivity contribution in [1.82, 2.24) is 14.5 Å². The first-order valence-electron chi connectivity index (χ1n) is 9.70. The predicted octanol–water partition coefficient (Wildman–Crippen LogP) is 3.89. The fourth-order valence-electron chi connectivity index (χ4n) is 3.88. The maximum atomic E-state index is 12.6. The van der Waals surface area contributed by atoms with E-state index in [0.29, 0.717) is 5.82 Å². The number of pyridine rings is 1. The summed E-state index contributed by atoms with van der Waals surface area (Å²) in [5.74, 6) is 1.58. The van der Waals surface area contributed by atoms with Crippen molar-refractivity contribution in [1.29, 1.82) is 0 Å². The lowest BCUT2D eigenvalue weighted by atomic mass is 9.82. The molecule has 0 saturated heterocycles. The van der Waals surface area contributed by atoms with Gasteiger partial charge in [0.15, 0.2) is 0 Å². The number of carbonyl (C=O) groups is 2. The molecule has 6 heteroatoms. The highest BCUT2D eigenvalue weighted by molar-refractivity contribution is 5.95. The number of benzene rings is 1. The normalized spacial score (nSPS) is 19.5. The molecule has 28 heavy (non-hydrogen) atoms. The molecule has 144 valence electrons. The minimum Gasteiger partial charge on any atom is -0.331 e. The molecular weight excluding hydrogens is 352 g/mol. The number of nitrogens with zero attached hydrogens (tertiary/aromatic N) is 3. The lowest BCUT2D eigenvalue weighted by Crippen LogP contribution is -2.27. The van der Waals surface area contributed by atoms with E-state index in [1.807, 2.05) is 32.3 Å². The first-order valence-corrected chi connectivity index (χ1v) is 9.70. The Kier molecular flexibility index (Phi) is 4.94. The molecule has 1 aliphatic carbocycles. The van der Waals surface area contributed by atoms with Gasteiger partial charge >= 0.3 is 0 Å². The van der Waals surface area contributed by atoms with Gasteiger partial charge in [0.05, 0.1) is 11.9 Å². The number of anilines is 1. The van der Waals surface area contributed by atoms with Crippen molar-refractivity contribution < 1.29 is 9.59 Å². The van der Waals surface area contributed by atoms with Gasteiger partial charge in [-0.3, -0.25) is 4.79 Å². The highest BCUT2D eigenvalue weighted by Crippen LogP contribution is 2.29. The fourth-order valence-corrected chi connectivity index (χ4v) is 3.88. The molecule has 0 radical (unpaired) electrons. The molecule has 1 saturated carbocycles. The van der Waals surface area contributed by atoms with Crippen molar-refractivity contribution in [2.75, 3.05) is 5.32 Å². The highest BCUT2D eigenvalue weighted by atomic mass is 16.2. The van der Waals surface area contributed by atoms with Crippen LogP contribution in [0, 0.1) is 18.8 Å². The van der Waals surface area contributed by atoms with Crippen molar-refractivity contribution in [3.8, 4) is 11.3 Å². The van der Waals surface area contributed by atoms with E-state index in [2.05, 4.69) is 32.0 Å². The molecule has 0 unspecified atom stereocenters. The molecule has 0 bridgehead atoms. The number of aromatic nitrogens is 3. The second-order valence-corrected chi connectivity index (χ2v) is 7.62. The Morgan fingerprint density at radius 3 is 2.57 bits per heavy atom. The van der Waals surface area contributed by atoms with Crippen LogP contribution in [0.4, 0.5) is 5.82 Å². The summed E-state index contributed by atoms with van der Waals surface area (Å²) in [5.41, 5.74) is 2.12. The smallest absolute Gasteiger partial charge is 0.228 e. The van der Waals surface area contributed by atoms with Crippen LogP contribution >= 0.6 is 0 Å². The zero-order chi connectivity index (χ0) is 19.7. The number of rotatable bonds is 4. The molecule has 0 atom stereocenters. The molecule has 3 aromatic rings. The number of imidazole rings is 1. The Hall–Kier alpha value is -3.02. The minimum absolute atomic E-state index is 0.00499. The van der Waals surface area contributed by atoms with E-state index in [4.69, 9.17) is 0 Å². The molecule has 2 aromatic heterocycles. The Morgan fingerprint density at radius 1 is 1.11 bits per heavy atom. The average Bonchev–Trinajstić information content (AvgIpc) is 3.06. The van der Waals surface area contributed by atoms with Crippen LogP contribution < -0.4 is 5.32 Å². The van der Waals surface area contributed by atoms with E-state index in [9.17, 15) is 9.59 Å². The topological polar surface area (TPSA) is 76.9 Å². The second kappa shape index (κ2) is 7.54. The fraction of sp³-hybridized carbons (Fsp3) is 0.364. The van der Waals surface area contributed by atoms with Gasteiger partial charge in [0, 0.05) is 36.0 Å². The molecule has 1 fully saturated rings. The van der Waals surface area contributed by atoms with Crippen LogP contribution in [0.15, 0.2) is 36.7 Å². The van der Waals surface area contributed by atoms with Gasteiger partial charge in [-0.15, -0.1) is 0 Å². The number of amides is 1. The molecule has 1 aromatic carbocycles. The molecule has 0 spiro atoms. The van der Waals surface area contributed by atoms with Crippen LogP contribution in [0.25, 0.3) is 22.0 Å². The van der Waals surface area contributed by atoms with Gasteiger partial charge in [-0.1, -0.05) is 12.1 Å². The third-order valence-electron chi connectivity index (χ3n) is 5.82. The number of hydrogen-bond donors (Lipinski definition) is 1. The third-order valence-corrected chi connectivity index (χ3v) is 5.82. The summed E-state index contributed by atoms with van der Waals surface area (Å²) in [5, 5.41) is 5.00. The van der Waals surface area contributed by atoms with Crippen LogP contribution in [0.5, 0.6) is 0 Å². The van der Waals surface area contributed by atoms with Gasteiger partial charge in [0.25, 0.3) is 0 Å². The molecular formula is C22H24N4O2. The first kappa shape index (κ1) is 18.3. The van der Waals surface area contributed by atoms with Crippen LogP contribution in [-0.4, -0.2) is 26.7 Å². The minimum atomic E-state index is -0.0440. The third kappa shape index (κ3) is 3.54. The van der Waals surface area contributed by atoms with Crippen LogP contribution in [0.2, 0.25) is 0 Å². The number of aldehydes is 1. The summed E-state index contributed by atoms with van der Waals surface area (Å²) in [4.78, 5) is 32.2. The van der Waals surface area contributed by atoms with E-state index < -0.39 is 0 Å². The molecule has 6 nitrogen and oxygen atoms in total. The van der Waals surface area contributed by atoms with Crippen molar-refractivity contribution in [3.63, 3.8) is 0 Å². The second-order valence-electron chi connectivity index (χ2n) is 7.62. The number of hydrogen-bond acceptors (Lipinski definition) is 4. The monoisotopic (exact) mass is 376 g/mol. The largest absolute Gasteiger partial charge is 0.331 e. The zero-order valence-electron chi connectivity index (χ0n) is 16.2. The summed E-state index contributed by atoms with van der Waals surface area (Å²) in [7, 11) is 2.00. The van der Waals surface area contributed by atoms with Crippen LogP contribution in [0.1, 0.15) is 31.5 Å². The highest BCUT2D eigenvalue weighted by Gasteiger charge is 2.26. The van der Waals surface area contributed by atoms with Crippen molar-refractivity contribution in [3.05, 3.63) is 42.5 Å². The number of carbonyl (C=O) groups excluding carboxylic acids is 2. The molecule has 2 heterocycles. The van der Waals surface area contributed by atoms with Crippen LogP contribution in [0.3, 0.4) is 0 Å². The Morgan fingerprint density at radius 2 is 1.89 bits per heavy atom. The predicted molar refractivity (Wildman–Crippen MR) is 109 cm³/mol. The van der Waals surface area contributed by atoms with Crippen LogP contribution in [-0.2, 0) is 16.6 Å². The standard InChI is InChI=1S/C22H24N4O2/c1-14-23-12-20(26(14)2)17-7-8-18-11-24-21(10-19(18)9-17)25-22(28)16-5-3-15(13-27)4-6-16/h7-13,15-16H,3-6H2,1-2H3,(H,24,25,28). The van der Waals surface area contributed by atoms with E-state index >= 15 is 0 Å². The molecule has 1 amide bonds. The Bertz CT molecular complexity index is 1030. The van der Waals surface area contributed by atoms with Crippen molar-refractivity contribution in [2.45, 2.75) is 32.6 Å². The van der Waals surface area contributed by atoms with Gasteiger partial charge in [0.1, 0.15) is 17.9 Å². The van der Waals surface area contributed by atoms with Gasteiger partial charge in [0.2, 0.25) is 5.91 Å². The number of fused-ring (bicyclic) bond motifs is 1. The lowest BCUT2D eigenvalue weighted by molar-refractivity contribution is -0.122. The Labute approximate surface area is 164 Å². The zero-order valence-corrected chi connectivity index (χ0v) is 16.2. The van der Waals surface area contributed by atoms with E-state index in [1.54, 1.807) is 6.20 Å².